The van der Waals surface area contributed by atoms with Gasteiger partial charge in [-0.15, -0.1) is 0 Å². The molecule has 0 aliphatic carbocycles. The number of anilines is 1. The normalized spacial score (nSPS) is 22.5. The molecule has 1 aromatic heterocycles. The fourth-order valence-electron chi connectivity index (χ4n) is 1.70. The number of nitrogens with zero attached hydrogens (tertiary/aromatic N) is 3. The second-order valence-electron chi connectivity index (χ2n) is 3.30. The van der Waals surface area contributed by atoms with Crippen molar-refractivity contribution < 1.29 is 0 Å². The highest BCUT2D eigenvalue weighted by Crippen LogP contribution is 2.26. The molecule has 2 heterocycles. The van der Waals surface area contributed by atoms with Crippen LogP contribution in [0.4, 0.5) is 5.13 Å². The molecule has 1 aromatic rings. The van der Waals surface area contributed by atoms with Crippen molar-refractivity contribution in [3.8, 4) is 0 Å². The molecule has 2 rings (SSSR count). The first kappa shape index (κ1) is 9.40. The van der Waals surface area contributed by atoms with Crippen molar-refractivity contribution >= 4 is 32.6 Å². The van der Waals surface area contributed by atoms with Gasteiger partial charge in [-0.25, -0.2) is 4.98 Å². The standard InChI is InChI=1S/C8H12BrN3S/c9-3-1-7-2-4-12(5-7)8-10-6-11-13-8/h6-7H,1-5H2. The van der Waals surface area contributed by atoms with E-state index in [9.17, 15) is 0 Å². The van der Waals surface area contributed by atoms with Gasteiger partial charge in [0.25, 0.3) is 0 Å². The largest absolute Gasteiger partial charge is 0.347 e. The lowest BCUT2D eigenvalue weighted by atomic mass is 10.1. The molecule has 72 valence electrons. The van der Waals surface area contributed by atoms with Gasteiger partial charge in [0.05, 0.1) is 0 Å². The van der Waals surface area contributed by atoms with E-state index in [2.05, 4.69) is 30.2 Å². The number of hydrogen-bond donors (Lipinski definition) is 0. The predicted molar refractivity (Wildman–Crippen MR) is 58.6 cm³/mol. The van der Waals surface area contributed by atoms with Gasteiger partial charge in [-0.1, -0.05) is 15.9 Å². The molecular weight excluding hydrogens is 250 g/mol. The van der Waals surface area contributed by atoms with Crippen LogP contribution in [-0.4, -0.2) is 27.8 Å². The van der Waals surface area contributed by atoms with Crippen molar-refractivity contribution in [2.75, 3.05) is 23.3 Å². The van der Waals surface area contributed by atoms with E-state index in [1.54, 1.807) is 6.33 Å². The summed E-state index contributed by atoms with van der Waals surface area (Å²) in [5.74, 6) is 0.836. The molecule has 1 saturated heterocycles. The van der Waals surface area contributed by atoms with E-state index in [4.69, 9.17) is 0 Å². The van der Waals surface area contributed by atoms with Gasteiger partial charge in [0.15, 0.2) is 0 Å². The van der Waals surface area contributed by atoms with Gasteiger partial charge in [0, 0.05) is 30.0 Å². The molecule has 0 aromatic carbocycles. The van der Waals surface area contributed by atoms with Crippen LogP contribution in [0, 0.1) is 5.92 Å². The summed E-state index contributed by atoms with van der Waals surface area (Å²) in [6.07, 6.45) is 4.21. The van der Waals surface area contributed by atoms with Crippen LogP contribution in [0.1, 0.15) is 12.8 Å². The minimum atomic E-state index is 0.836. The Kier molecular flexibility index (Phi) is 3.16. The summed E-state index contributed by atoms with van der Waals surface area (Å²) in [6.45, 7) is 2.30. The Morgan fingerprint density at radius 1 is 1.69 bits per heavy atom. The van der Waals surface area contributed by atoms with Crippen LogP contribution in [0.15, 0.2) is 6.33 Å². The zero-order valence-corrected chi connectivity index (χ0v) is 9.72. The van der Waals surface area contributed by atoms with Crippen molar-refractivity contribution in [1.82, 2.24) is 9.36 Å². The fraction of sp³-hybridized carbons (Fsp3) is 0.750. The molecular formula is C8H12BrN3S. The second kappa shape index (κ2) is 4.37. The van der Waals surface area contributed by atoms with Gasteiger partial charge < -0.3 is 4.90 Å². The van der Waals surface area contributed by atoms with Crippen LogP contribution in [0.2, 0.25) is 0 Å². The van der Waals surface area contributed by atoms with Crippen LogP contribution < -0.4 is 4.90 Å². The molecule has 0 N–H and O–H groups in total. The molecule has 0 saturated carbocycles. The Labute approximate surface area is 90.5 Å². The van der Waals surface area contributed by atoms with Crippen LogP contribution in [0.3, 0.4) is 0 Å². The van der Waals surface area contributed by atoms with Gasteiger partial charge >= 0.3 is 0 Å². The van der Waals surface area contributed by atoms with Crippen molar-refractivity contribution in [3.05, 3.63) is 6.33 Å². The van der Waals surface area contributed by atoms with Crippen LogP contribution in [0.25, 0.3) is 0 Å². The maximum absolute atomic E-state index is 4.21. The molecule has 1 unspecified atom stereocenters. The summed E-state index contributed by atoms with van der Waals surface area (Å²) >= 11 is 4.98. The SMILES string of the molecule is BrCCC1CCN(c2ncns2)C1. The fourth-order valence-corrected chi connectivity index (χ4v) is 2.91. The summed E-state index contributed by atoms with van der Waals surface area (Å²) in [5.41, 5.74) is 0. The topological polar surface area (TPSA) is 29.0 Å². The Morgan fingerprint density at radius 2 is 2.62 bits per heavy atom. The average molecular weight is 262 g/mol. The minimum absolute atomic E-state index is 0.836. The maximum Gasteiger partial charge on any atom is 0.204 e. The van der Waals surface area contributed by atoms with Gasteiger partial charge in [-0.05, 0) is 18.8 Å². The van der Waals surface area contributed by atoms with Crippen molar-refractivity contribution in [3.63, 3.8) is 0 Å². The highest BCUT2D eigenvalue weighted by atomic mass is 79.9. The molecule has 3 nitrogen and oxygen atoms in total. The molecule has 5 heteroatoms. The van der Waals surface area contributed by atoms with Crippen molar-refractivity contribution in [2.45, 2.75) is 12.8 Å². The van der Waals surface area contributed by atoms with Gasteiger partial charge in [-0.2, -0.15) is 4.37 Å². The van der Waals surface area contributed by atoms with Gasteiger partial charge in [0.1, 0.15) is 6.33 Å². The predicted octanol–water partition coefficient (Wildman–Crippen LogP) is 2.15. The van der Waals surface area contributed by atoms with E-state index < -0.39 is 0 Å². The first-order chi connectivity index (χ1) is 6.40. The summed E-state index contributed by atoms with van der Waals surface area (Å²) < 4.78 is 4.02. The van der Waals surface area contributed by atoms with Crippen LogP contribution in [-0.2, 0) is 0 Å². The van der Waals surface area contributed by atoms with E-state index in [0.29, 0.717) is 0 Å². The molecule has 0 bridgehead atoms. The van der Waals surface area contributed by atoms with E-state index in [-0.39, 0.29) is 0 Å². The quantitative estimate of drug-likeness (QED) is 0.781. The zero-order valence-electron chi connectivity index (χ0n) is 7.32. The number of aromatic nitrogens is 2. The molecule has 13 heavy (non-hydrogen) atoms. The number of hydrogen-bond acceptors (Lipinski definition) is 4. The Bertz CT molecular complexity index is 252. The Balaban J connectivity index is 1.91. The van der Waals surface area contributed by atoms with Crippen molar-refractivity contribution in [2.24, 2.45) is 5.92 Å². The molecule has 1 atom stereocenters. The third-order valence-corrected chi connectivity index (χ3v) is 3.61. The van der Waals surface area contributed by atoms with Crippen molar-refractivity contribution in [1.29, 1.82) is 0 Å². The highest BCUT2D eigenvalue weighted by molar-refractivity contribution is 9.09. The van der Waals surface area contributed by atoms with E-state index in [1.807, 2.05) is 0 Å². The Hall–Kier alpha value is -0.160. The molecule has 0 amide bonds. The smallest absolute Gasteiger partial charge is 0.204 e. The Morgan fingerprint density at radius 3 is 3.31 bits per heavy atom. The molecule has 0 radical (unpaired) electrons. The first-order valence-electron chi connectivity index (χ1n) is 4.47. The van der Waals surface area contributed by atoms with E-state index in [0.717, 1.165) is 29.5 Å². The molecule has 1 aliphatic rings. The third-order valence-electron chi connectivity index (χ3n) is 2.42. The lowest BCUT2D eigenvalue weighted by Gasteiger charge is -2.13. The monoisotopic (exact) mass is 261 g/mol. The van der Waals surface area contributed by atoms with E-state index >= 15 is 0 Å². The van der Waals surface area contributed by atoms with Crippen LogP contribution >= 0.6 is 27.5 Å². The molecule has 1 aliphatic heterocycles. The van der Waals surface area contributed by atoms with E-state index in [1.165, 1.54) is 24.4 Å². The molecule has 0 spiro atoms. The zero-order chi connectivity index (χ0) is 9.10. The molecule has 1 fully saturated rings. The average Bonchev–Trinajstić information content (AvgIpc) is 2.70. The van der Waals surface area contributed by atoms with Gasteiger partial charge in [-0.3, -0.25) is 0 Å². The summed E-state index contributed by atoms with van der Waals surface area (Å²) in [7, 11) is 0. The number of halogens is 1. The summed E-state index contributed by atoms with van der Waals surface area (Å²) in [4.78, 5) is 6.55. The third kappa shape index (κ3) is 2.20. The lowest BCUT2D eigenvalue weighted by molar-refractivity contribution is 0.576. The summed E-state index contributed by atoms with van der Waals surface area (Å²) in [6, 6.07) is 0. The van der Waals surface area contributed by atoms with Crippen LogP contribution in [0.5, 0.6) is 0 Å². The number of alkyl halides is 1. The van der Waals surface area contributed by atoms with Gasteiger partial charge in [0.2, 0.25) is 5.13 Å². The number of rotatable bonds is 3. The maximum atomic E-state index is 4.21. The lowest BCUT2D eigenvalue weighted by Crippen LogP contribution is -2.19. The highest BCUT2D eigenvalue weighted by Gasteiger charge is 2.23. The minimum Gasteiger partial charge on any atom is -0.347 e. The summed E-state index contributed by atoms with van der Waals surface area (Å²) in [5, 5.41) is 2.19. The second-order valence-corrected chi connectivity index (χ2v) is 4.85. The first-order valence-corrected chi connectivity index (χ1v) is 6.37.